The Hall–Kier alpha value is -2.37. The van der Waals surface area contributed by atoms with Crippen LogP contribution in [0.5, 0.6) is 17.4 Å². The number of hydrogen-bond donors (Lipinski definition) is 1. The van der Waals surface area contributed by atoms with Gasteiger partial charge < -0.3 is 15.2 Å². The zero-order valence-corrected chi connectivity index (χ0v) is 9.98. The maximum absolute atomic E-state index is 13.7. The smallest absolute Gasteiger partial charge is 0.259 e. The van der Waals surface area contributed by atoms with Crippen LogP contribution in [0, 0.1) is 12.7 Å². The van der Waals surface area contributed by atoms with Gasteiger partial charge in [-0.1, -0.05) is 0 Å². The van der Waals surface area contributed by atoms with Gasteiger partial charge in [-0.25, -0.2) is 4.98 Å². The van der Waals surface area contributed by atoms with Crippen LogP contribution < -0.4 is 15.2 Å². The van der Waals surface area contributed by atoms with Crippen molar-refractivity contribution in [1.82, 2.24) is 9.97 Å². The number of aromatic nitrogens is 2. The van der Waals surface area contributed by atoms with Crippen LogP contribution in [0.1, 0.15) is 5.69 Å². The van der Waals surface area contributed by atoms with Gasteiger partial charge in [0.15, 0.2) is 11.5 Å². The van der Waals surface area contributed by atoms with Crippen LogP contribution in [0.4, 0.5) is 10.1 Å². The van der Waals surface area contributed by atoms with Crippen molar-refractivity contribution in [1.29, 1.82) is 0 Å². The number of nitrogens with zero attached hydrogens (tertiary/aromatic N) is 2. The van der Waals surface area contributed by atoms with Gasteiger partial charge in [-0.05, 0) is 19.1 Å². The monoisotopic (exact) mass is 249 g/mol. The molecule has 2 N–H and O–H groups in total. The summed E-state index contributed by atoms with van der Waals surface area (Å²) >= 11 is 0. The number of aryl methyl sites for hydroxylation is 1. The number of nitrogens with two attached hydrogens (primary N) is 1. The Morgan fingerprint density at radius 3 is 2.72 bits per heavy atom. The average Bonchev–Trinajstić information content (AvgIpc) is 2.37. The van der Waals surface area contributed by atoms with E-state index in [4.69, 9.17) is 15.2 Å². The highest BCUT2D eigenvalue weighted by Crippen LogP contribution is 2.33. The summed E-state index contributed by atoms with van der Waals surface area (Å²) in [5.41, 5.74) is 6.36. The summed E-state index contributed by atoms with van der Waals surface area (Å²) in [5.74, 6) is -0.00341. The third kappa shape index (κ3) is 2.32. The van der Waals surface area contributed by atoms with E-state index >= 15 is 0 Å². The van der Waals surface area contributed by atoms with Crippen LogP contribution >= 0.6 is 0 Å². The molecule has 0 unspecified atom stereocenters. The topological polar surface area (TPSA) is 70.3 Å². The molecule has 6 heteroatoms. The van der Waals surface area contributed by atoms with Crippen molar-refractivity contribution in [3.63, 3.8) is 0 Å². The standard InChI is InChI=1S/C12H12FN3O2/c1-7-11(13)12(16-6-15-7)18-9-4-3-8(14)5-10(9)17-2/h3-6H,14H2,1-2H3. The molecular weight excluding hydrogens is 237 g/mol. The Bertz CT molecular complexity index is 575. The predicted octanol–water partition coefficient (Wildman–Crippen LogP) is 2.31. The Balaban J connectivity index is 2.37. The van der Waals surface area contributed by atoms with Gasteiger partial charge in [0.1, 0.15) is 6.33 Å². The second-order valence-corrected chi connectivity index (χ2v) is 3.59. The summed E-state index contributed by atoms with van der Waals surface area (Å²) in [5, 5.41) is 0. The van der Waals surface area contributed by atoms with Crippen molar-refractivity contribution in [2.75, 3.05) is 12.8 Å². The Kier molecular flexibility index (Phi) is 3.27. The molecule has 0 radical (unpaired) electrons. The Morgan fingerprint density at radius 1 is 1.22 bits per heavy atom. The number of rotatable bonds is 3. The molecule has 0 amide bonds. The lowest BCUT2D eigenvalue weighted by Gasteiger charge is -2.10. The second-order valence-electron chi connectivity index (χ2n) is 3.59. The zero-order chi connectivity index (χ0) is 13.1. The molecule has 0 aliphatic heterocycles. The van der Waals surface area contributed by atoms with E-state index in [0.717, 1.165) is 0 Å². The molecule has 5 nitrogen and oxygen atoms in total. The van der Waals surface area contributed by atoms with E-state index in [9.17, 15) is 4.39 Å². The molecule has 1 aromatic carbocycles. The maximum Gasteiger partial charge on any atom is 0.259 e. The van der Waals surface area contributed by atoms with E-state index in [1.54, 1.807) is 18.2 Å². The van der Waals surface area contributed by atoms with Crippen molar-refractivity contribution in [3.05, 3.63) is 36.0 Å². The predicted molar refractivity (Wildman–Crippen MR) is 64.2 cm³/mol. The first-order valence-corrected chi connectivity index (χ1v) is 5.20. The fourth-order valence-corrected chi connectivity index (χ4v) is 1.38. The average molecular weight is 249 g/mol. The molecule has 18 heavy (non-hydrogen) atoms. The summed E-state index contributed by atoms with van der Waals surface area (Å²) in [4.78, 5) is 7.46. The second kappa shape index (κ2) is 4.87. The minimum atomic E-state index is -0.601. The maximum atomic E-state index is 13.7. The lowest BCUT2D eigenvalue weighted by atomic mass is 10.3. The molecule has 1 heterocycles. The van der Waals surface area contributed by atoms with Gasteiger partial charge in [-0.15, -0.1) is 0 Å². The molecule has 0 aliphatic rings. The van der Waals surface area contributed by atoms with Crippen molar-refractivity contribution in [3.8, 4) is 17.4 Å². The Morgan fingerprint density at radius 2 is 2.00 bits per heavy atom. The van der Waals surface area contributed by atoms with Crippen LogP contribution in [0.2, 0.25) is 0 Å². The van der Waals surface area contributed by atoms with Crippen LogP contribution in [-0.2, 0) is 0 Å². The largest absolute Gasteiger partial charge is 0.493 e. The lowest BCUT2D eigenvalue weighted by molar-refractivity contribution is 0.362. The molecule has 0 spiro atoms. The van der Waals surface area contributed by atoms with E-state index in [2.05, 4.69) is 9.97 Å². The van der Waals surface area contributed by atoms with Crippen molar-refractivity contribution in [2.45, 2.75) is 6.92 Å². The van der Waals surface area contributed by atoms with Gasteiger partial charge in [-0.3, -0.25) is 0 Å². The molecule has 2 aromatic rings. The molecule has 0 aliphatic carbocycles. The molecule has 2 rings (SSSR count). The molecule has 0 saturated heterocycles. The third-order valence-corrected chi connectivity index (χ3v) is 2.33. The summed E-state index contributed by atoms with van der Waals surface area (Å²) in [6, 6.07) is 4.80. The number of methoxy groups -OCH3 is 1. The number of nitrogen functional groups attached to an aromatic ring is 1. The summed E-state index contributed by atoms with van der Waals surface area (Å²) < 4.78 is 24.1. The minimum Gasteiger partial charge on any atom is -0.493 e. The highest BCUT2D eigenvalue weighted by Gasteiger charge is 2.13. The van der Waals surface area contributed by atoms with E-state index in [1.807, 2.05) is 0 Å². The zero-order valence-electron chi connectivity index (χ0n) is 9.98. The van der Waals surface area contributed by atoms with Gasteiger partial charge >= 0.3 is 0 Å². The Labute approximate surface area is 103 Å². The van der Waals surface area contributed by atoms with Gasteiger partial charge in [0, 0.05) is 11.8 Å². The number of benzene rings is 1. The molecule has 1 aromatic heterocycles. The van der Waals surface area contributed by atoms with E-state index in [1.165, 1.54) is 20.4 Å². The number of anilines is 1. The van der Waals surface area contributed by atoms with Crippen molar-refractivity contribution < 1.29 is 13.9 Å². The summed E-state index contributed by atoms with van der Waals surface area (Å²) in [7, 11) is 1.48. The normalized spacial score (nSPS) is 10.2. The molecular formula is C12H12FN3O2. The molecule has 0 bridgehead atoms. The van der Waals surface area contributed by atoms with E-state index in [0.29, 0.717) is 17.2 Å². The first-order chi connectivity index (χ1) is 8.61. The van der Waals surface area contributed by atoms with E-state index < -0.39 is 5.82 Å². The highest BCUT2D eigenvalue weighted by molar-refractivity contribution is 5.52. The number of halogens is 1. The van der Waals surface area contributed by atoms with Gasteiger partial charge in [0.05, 0.1) is 12.8 Å². The molecule has 0 saturated carbocycles. The minimum absolute atomic E-state index is 0.148. The fourth-order valence-electron chi connectivity index (χ4n) is 1.38. The van der Waals surface area contributed by atoms with Gasteiger partial charge in [0.2, 0.25) is 5.82 Å². The summed E-state index contributed by atoms with van der Waals surface area (Å²) in [6.45, 7) is 1.53. The van der Waals surface area contributed by atoms with Crippen LogP contribution in [0.3, 0.4) is 0 Å². The quantitative estimate of drug-likeness (QED) is 0.845. The van der Waals surface area contributed by atoms with Gasteiger partial charge in [-0.2, -0.15) is 9.37 Å². The first-order valence-electron chi connectivity index (χ1n) is 5.20. The van der Waals surface area contributed by atoms with Crippen molar-refractivity contribution >= 4 is 5.69 Å². The molecule has 94 valence electrons. The number of hydrogen-bond acceptors (Lipinski definition) is 5. The van der Waals surface area contributed by atoms with E-state index in [-0.39, 0.29) is 11.6 Å². The molecule has 0 fully saturated rings. The highest BCUT2D eigenvalue weighted by atomic mass is 19.1. The number of ether oxygens (including phenoxy) is 2. The summed E-state index contributed by atoms with van der Waals surface area (Å²) in [6.07, 6.45) is 1.23. The van der Waals surface area contributed by atoms with Crippen LogP contribution in [0.15, 0.2) is 24.5 Å². The van der Waals surface area contributed by atoms with Crippen LogP contribution in [0.25, 0.3) is 0 Å². The van der Waals surface area contributed by atoms with Crippen molar-refractivity contribution in [2.24, 2.45) is 0 Å². The third-order valence-electron chi connectivity index (χ3n) is 2.33. The fraction of sp³-hybridized carbons (Fsp3) is 0.167. The van der Waals surface area contributed by atoms with Gasteiger partial charge in [0.25, 0.3) is 5.88 Å². The SMILES string of the molecule is COc1cc(N)ccc1Oc1ncnc(C)c1F. The van der Waals surface area contributed by atoms with Crippen LogP contribution in [-0.4, -0.2) is 17.1 Å². The first kappa shape index (κ1) is 12.1. The molecule has 0 atom stereocenters. The lowest BCUT2D eigenvalue weighted by Crippen LogP contribution is -1.98.